The van der Waals surface area contributed by atoms with Crippen LogP contribution in [0.3, 0.4) is 0 Å². The van der Waals surface area contributed by atoms with Crippen LogP contribution in [0, 0.1) is 29.1 Å². The Morgan fingerprint density at radius 2 is 1.95 bits per heavy atom. The smallest absolute Gasteiger partial charge is 0.157 e. The fourth-order valence-corrected chi connectivity index (χ4v) is 2.61. The van der Waals surface area contributed by atoms with E-state index in [9.17, 15) is 4.79 Å². The molecule has 0 unspecified atom stereocenters. The Hall–Kier alpha value is -1.12. The van der Waals surface area contributed by atoms with Crippen molar-refractivity contribution < 1.29 is 4.79 Å². The van der Waals surface area contributed by atoms with E-state index in [1.165, 1.54) is 12.8 Å². The van der Waals surface area contributed by atoms with Gasteiger partial charge in [0.2, 0.25) is 0 Å². The van der Waals surface area contributed by atoms with Gasteiger partial charge in [0.25, 0.3) is 0 Å². The van der Waals surface area contributed by atoms with Gasteiger partial charge in [-0.25, -0.2) is 0 Å². The molecule has 0 aromatic heterocycles. The average Bonchev–Trinajstić information content (AvgIpc) is 2.34. The van der Waals surface area contributed by atoms with Crippen LogP contribution in [0.25, 0.3) is 0 Å². The molecular formula is C18H24OS. The van der Waals surface area contributed by atoms with Crippen molar-refractivity contribution in [3.05, 3.63) is 11.6 Å². The van der Waals surface area contributed by atoms with E-state index in [2.05, 4.69) is 44.5 Å². The van der Waals surface area contributed by atoms with Crippen LogP contribution in [0.15, 0.2) is 11.6 Å². The largest absolute Gasteiger partial charge is 0.295 e. The Balaban J connectivity index is 2.29. The highest BCUT2D eigenvalue weighted by Crippen LogP contribution is 2.33. The van der Waals surface area contributed by atoms with Gasteiger partial charge in [-0.05, 0) is 24.3 Å². The van der Waals surface area contributed by atoms with Crippen molar-refractivity contribution in [2.45, 2.75) is 52.9 Å². The van der Waals surface area contributed by atoms with Gasteiger partial charge in [-0.2, -0.15) is 0 Å². The normalized spacial score (nSPS) is 16.6. The van der Waals surface area contributed by atoms with E-state index in [4.69, 9.17) is 0 Å². The molecule has 1 aliphatic carbocycles. The van der Waals surface area contributed by atoms with Crippen molar-refractivity contribution in [2.75, 3.05) is 11.5 Å². The molecule has 0 atom stereocenters. The van der Waals surface area contributed by atoms with Crippen molar-refractivity contribution in [1.29, 1.82) is 0 Å². The van der Waals surface area contributed by atoms with Gasteiger partial charge in [-0.15, -0.1) is 17.7 Å². The minimum absolute atomic E-state index is 0.0632. The molecule has 0 fully saturated rings. The first-order valence-electron chi connectivity index (χ1n) is 7.29. The molecule has 20 heavy (non-hydrogen) atoms. The molecule has 2 heteroatoms. The van der Waals surface area contributed by atoms with Crippen LogP contribution in [0.5, 0.6) is 0 Å². The molecule has 0 spiro atoms. The number of unbranched alkanes of at least 4 members (excludes halogenated alkanes) is 2. The van der Waals surface area contributed by atoms with Gasteiger partial charge < -0.3 is 0 Å². The monoisotopic (exact) mass is 288 g/mol. The van der Waals surface area contributed by atoms with E-state index in [0.717, 1.165) is 29.9 Å². The fraction of sp³-hybridized carbons (Fsp3) is 0.611. The predicted octanol–water partition coefficient (Wildman–Crippen LogP) is 4.23. The van der Waals surface area contributed by atoms with Crippen LogP contribution in [0.1, 0.15) is 52.9 Å². The lowest BCUT2D eigenvalue weighted by Gasteiger charge is -2.26. The Bertz CT molecular complexity index is 477. The SMILES string of the molecule is CCCCC#CCSCC#CC1=CC(=O)CC(C)(C)C1. The first kappa shape index (κ1) is 16.9. The second kappa shape index (κ2) is 8.93. The maximum absolute atomic E-state index is 11.6. The summed E-state index contributed by atoms with van der Waals surface area (Å²) in [5.74, 6) is 14.4. The van der Waals surface area contributed by atoms with Crippen molar-refractivity contribution in [2.24, 2.45) is 5.41 Å². The average molecular weight is 288 g/mol. The lowest BCUT2D eigenvalue weighted by atomic mass is 9.77. The fourth-order valence-electron chi connectivity index (χ4n) is 2.13. The molecular weight excluding hydrogens is 264 g/mol. The predicted molar refractivity (Wildman–Crippen MR) is 88.5 cm³/mol. The Labute approximate surface area is 128 Å². The molecule has 108 valence electrons. The summed E-state index contributed by atoms with van der Waals surface area (Å²) in [6.45, 7) is 6.43. The molecule has 0 amide bonds. The van der Waals surface area contributed by atoms with Crippen LogP contribution < -0.4 is 0 Å². The third-order valence-electron chi connectivity index (χ3n) is 3.03. The van der Waals surface area contributed by atoms with Crippen LogP contribution >= 0.6 is 11.8 Å². The van der Waals surface area contributed by atoms with Gasteiger partial charge in [-0.1, -0.05) is 45.0 Å². The molecule has 0 aliphatic heterocycles. The van der Waals surface area contributed by atoms with E-state index >= 15 is 0 Å². The number of allylic oxidation sites excluding steroid dienone is 2. The number of hydrogen-bond acceptors (Lipinski definition) is 2. The topological polar surface area (TPSA) is 17.1 Å². The maximum atomic E-state index is 11.6. The van der Waals surface area contributed by atoms with Crippen molar-refractivity contribution in [3.8, 4) is 23.7 Å². The summed E-state index contributed by atoms with van der Waals surface area (Å²) in [6.07, 6.45) is 6.67. The van der Waals surface area contributed by atoms with E-state index in [1.807, 2.05) is 0 Å². The summed E-state index contributed by atoms with van der Waals surface area (Å²) in [6, 6.07) is 0. The van der Waals surface area contributed by atoms with E-state index in [0.29, 0.717) is 6.42 Å². The molecule has 0 saturated heterocycles. The highest BCUT2D eigenvalue weighted by molar-refractivity contribution is 7.99. The van der Waals surface area contributed by atoms with Crippen LogP contribution in [-0.4, -0.2) is 17.3 Å². The number of rotatable bonds is 4. The third kappa shape index (κ3) is 7.46. The standard InChI is InChI=1S/C18H24OS/c1-4-5-6-7-8-11-20-12-9-10-16-13-17(19)15-18(2,3)14-16/h13H,4-6,11-12,14-15H2,1-3H3. The van der Waals surface area contributed by atoms with Gasteiger partial charge >= 0.3 is 0 Å². The Kier molecular flexibility index (Phi) is 7.56. The Morgan fingerprint density at radius 1 is 1.20 bits per heavy atom. The lowest BCUT2D eigenvalue weighted by Crippen LogP contribution is -2.21. The molecule has 1 aliphatic rings. The molecule has 0 aromatic rings. The summed E-state index contributed by atoms with van der Waals surface area (Å²) in [5, 5.41) is 0. The minimum Gasteiger partial charge on any atom is -0.295 e. The number of thioether (sulfide) groups is 1. The molecule has 0 saturated carbocycles. The van der Waals surface area contributed by atoms with Gasteiger partial charge in [0, 0.05) is 18.4 Å². The summed E-state index contributed by atoms with van der Waals surface area (Å²) in [7, 11) is 0. The van der Waals surface area contributed by atoms with E-state index in [-0.39, 0.29) is 11.2 Å². The first-order valence-corrected chi connectivity index (χ1v) is 8.45. The highest BCUT2D eigenvalue weighted by Gasteiger charge is 2.26. The molecule has 0 radical (unpaired) electrons. The summed E-state index contributed by atoms with van der Waals surface area (Å²) in [5.41, 5.74) is 1.05. The second-order valence-electron chi connectivity index (χ2n) is 5.91. The minimum atomic E-state index is 0.0632. The third-order valence-corrected chi connectivity index (χ3v) is 3.73. The molecule has 0 bridgehead atoms. The zero-order chi connectivity index (χ0) is 14.8. The van der Waals surface area contributed by atoms with Gasteiger partial charge in [0.15, 0.2) is 5.78 Å². The number of hydrogen-bond donors (Lipinski definition) is 0. The number of carbonyl (C=O) groups is 1. The van der Waals surface area contributed by atoms with Crippen molar-refractivity contribution in [3.63, 3.8) is 0 Å². The second-order valence-corrected chi connectivity index (χ2v) is 6.89. The van der Waals surface area contributed by atoms with Crippen molar-refractivity contribution in [1.82, 2.24) is 0 Å². The van der Waals surface area contributed by atoms with Crippen LogP contribution in [0.4, 0.5) is 0 Å². The van der Waals surface area contributed by atoms with E-state index < -0.39 is 0 Å². The van der Waals surface area contributed by atoms with Crippen molar-refractivity contribution >= 4 is 17.5 Å². The maximum Gasteiger partial charge on any atom is 0.157 e. The molecule has 1 rings (SSSR count). The van der Waals surface area contributed by atoms with Crippen LogP contribution in [-0.2, 0) is 4.79 Å². The van der Waals surface area contributed by atoms with Gasteiger partial charge in [-0.3, -0.25) is 4.79 Å². The first-order chi connectivity index (χ1) is 9.53. The van der Waals surface area contributed by atoms with Gasteiger partial charge in [0.1, 0.15) is 0 Å². The Morgan fingerprint density at radius 3 is 2.65 bits per heavy atom. The van der Waals surface area contributed by atoms with E-state index in [1.54, 1.807) is 17.8 Å². The van der Waals surface area contributed by atoms with Crippen LogP contribution in [0.2, 0.25) is 0 Å². The summed E-state index contributed by atoms with van der Waals surface area (Å²) < 4.78 is 0. The quantitative estimate of drug-likeness (QED) is 0.569. The molecule has 0 aromatic carbocycles. The number of carbonyl (C=O) groups excluding carboxylic acids is 1. The zero-order valence-electron chi connectivity index (χ0n) is 12.8. The summed E-state index contributed by atoms with van der Waals surface area (Å²) >= 11 is 1.74. The highest BCUT2D eigenvalue weighted by atomic mass is 32.2. The van der Waals surface area contributed by atoms with Gasteiger partial charge in [0.05, 0.1) is 11.5 Å². The zero-order valence-corrected chi connectivity index (χ0v) is 13.7. The lowest BCUT2D eigenvalue weighted by molar-refractivity contribution is -0.116. The molecule has 1 nitrogen and oxygen atoms in total. The number of ketones is 1. The summed E-state index contributed by atoms with van der Waals surface area (Å²) in [4.78, 5) is 11.6. The molecule has 0 heterocycles. The molecule has 0 N–H and O–H groups in total.